The third kappa shape index (κ3) is 4.61. The van der Waals surface area contributed by atoms with Gasteiger partial charge >= 0.3 is 0 Å². The number of aryl methyl sites for hydroxylation is 1. The highest BCUT2D eigenvalue weighted by atomic mass is 127. The maximum absolute atomic E-state index is 9.99. The number of hydrogen-bond acceptors (Lipinski definition) is 7. The van der Waals surface area contributed by atoms with Crippen LogP contribution in [0.3, 0.4) is 0 Å². The monoisotopic (exact) mass is 576 g/mol. The summed E-state index contributed by atoms with van der Waals surface area (Å²) in [7, 11) is 5.17. The van der Waals surface area contributed by atoms with E-state index in [-0.39, 0.29) is 6.10 Å². The second kappa shape index (κ2) is 9.61. The number of pyridine rings is 2. The van der Waals surface area contributed by atoms with Crippen molar-refractivity contribution in [2.45, 2.75) is 25.5 Å². The maximum atomic E-state index is 9.99. The van der Waals surface area contributed by atoms with Gasteiger partial charge in [-0.15, -0.1) is 0 Å². The molecule has 1 unspecified atom stereocenters. The molecule has 8 nitrogen and oxygen atoms in total. The van der Waals surface area contributed by atoms with Crippen LogP contribution in [0.1, 0.15) is 18.5 Å². The highest BCUT2D eigenvalue weighted by molar-refractivity contribution is 14.2. The van der Waals surface area contributed by atoms with Crippen LogP contribution >= 0.6 is 30.3 Å². The predicted octanol–water partition coefficient (Wildman–Crippen LogP) is 4.31. The standard InChI is InChI=1S/C23H25IN6O2S/c1-28-17(12-29-7-3-4-18(31)13-29)9-21(27-28)16-8-19-20(14-30(33-24)23(19)26-11-16)15-5-6-22(32-2)25-10-15/h5-6,8-11,14,18,31H,3-4,7,12-13H2,1-2H3. The van der Waals surface area contributed by atoms with E-state index < -0.39 is 0 Å². The minimum Gasteiger partial charge on any atom is -0.481 e. The molecule has 5 rings (SSSR count). The quantitative estimate of drug-likeness (QED) is 0.343. The fourth-order valence-corrected chi connectivity index (χ4v) is 5.62. The Bertz CT molecular complexity index is 1270. The van der Waals surface area contributed by atoms with Gasteiger partial charge in [-0.05, 0) is 37.6 Å². The first kappa shape index (κ1) is 22.6. The normalized spacial score (nSPS) is 17.0. The lowest BCUT2D eigenvalue weighted by molar-refractivity contribution is 0.0656. The van der Waals surface area contributed by atoms with E-state index >= 15 is 0 Å². The number of halogens is 1. The Labute approximate surface area is 208 Å². The molecule has 0 spiro atoms. The van der Waals surface area contributed by atoms with E-state index in [1.807, 2.05) is 36.3 Å². The first-order valence-electron chi connectivity index (χ1n) is 10.8. The van der Waals surface area contributed by atoms with Crippen LogP contribution in [0.5, 0.6) is 5.88 Å². The van der Waals surface area contributed by atoms with Gasteiger partial charge in [-0.1, -0.05) is 0 Å². The number of fused-ring (bicyclic) bond motifs is 1. The predicted molar refractivity (Wildman–Crippen MR) is 139 cm³/mol. The number of ether oxygens (including phenoxy) is 1. The summed E-state index contributed by atoms with van der Waals surface area (Å²) in [6, 6.07) is 8.17. The summed E-state index contributed by atoms with van der Waals surface area (Å²) < 4.78 is 9.20. The summed E-state index contributed by atoms with van der Waals surface area (Å²) in [5.74, 6) is 0.590. The second-order valence-corrected chi connectivity index (χ2v) is 10.0. The number of piperidine rings is 1. The molecule has 1 saturated heterocycles. The van der Waals surface area contributed by atoms with Gasteiger partial charge in [0.2, 0.25) is 5.88 Å². The van der Waals surface area contributed by atoms with Crippen molar-refractivity contribution >= 4 is 41.4 Å². The fourth-order valence-electron chi connectivity index (χ4n) is 4.36. The van der Waals surface area contributed by atoms with Gasteiger partial charge < -0.3 is 9.84 Å². The molecule has 172 valence electrons. The Kier molecular flexibility index (Phi) is 6.59. The Morgan fingerprint density at radius 1 is 1.21 bits per heavy atom. The van der Waals surface area contributed by atoms with Crippen molar-refractivity contribution in [3.8, 4) is 28.3 Å². The number of aliphatic hydroxyl groups is 1. The summed E-state index contributed by atoms with van der Waals surface area (Å²) in [4.78, 5) is 11.4. The zero-order valence-corrected chi connectivity index (χ0v) is 21.5. The van der Waals surface area contributed by atoms with Gasteiger partial charge in [0, 0.05) is 97.2 Å². The first-order valence-corrected chi connectivity index (χ1v) is 14.1. The highest BCUT2D eigenvalue weighted by Gasteiger charge is 2.20. The molecule has 1 aliphatic rings. The van der Waals surface area contributed by atoms with Crippen molar-refractivity contribution in [2.24, 2.45) is 7.05 Å². The highest BCUT2D eigenvalue weighted by Crippen LogP contribution is 2.36. The zero-order valence-electron chi connectivity index (χ0n) is 18.5. The topological polar surface area (TPSA) is 81.2 Å². The minimum absolute atomic E-state index is 0.233. The van der Waals surface area contributed by atoms with Gasteiger partial charge in [0.15, 0.2) is 5.65 Å². The SMILES string of the molecule is COc1ccc(-c2cn(SI)c3ncc(-c4cc(CN5CCCC(O)C5)n(C)n4)cc23)cn1. The average Bonchev–Trinajstić information content (AvgIpc) is 3.39. The minimum atomic E-state index is -0.233. The van der Waals surface area contributed by atoms with E-state index in [4.69, 9.17) is 14.8 Å². The number of β-amino-alcohol motifs (C(OH)–C–C–N with tert-alkyl or cyclic N) is 1. The summed E-state index contributed by atoms with van der Waals surface area (Å²) in [5.41, 5.74) is 5.98. The van der Waals surface area contributed by atoms with Crippen LogP contribution in [-0.2, 0) is 13.6 Å². The van der Waals surface area contributed by atoms with Crippen LogP contribution in [0.4, 0.5) is 0 Å². The zero-order chi connectivity index (χ0) is 22.9. The molecular weight excluding hydrogens is 551 g/mol. The molecule has 1 fully saturated rings. The first-order chi connectivity index (χ1) is 16.1. The Morgan fingerprint density at radius 3 is 2.79 bits per heavy atom. The van der Waals surface area contributed by atoms with Gasteiger partial charge in [0.05, 0.1) is 24.6 Å². The van der Waals surface area contributed by atoms with Crippen molar-refractivity contribution in [1.82, 2.24) is 28.6 Å². The lowest BCUT2D eigenvalue weighted by Crippen LogP contribution is -2.38. The Morgan fingerprint density at radius 2 is 2.06 bits per heavy atom. The van der Waals surface area contributed by atoms with Crippen molar-refractivity contribution in [3.63, 3.8) is 0 Å². The summed E-state index contributed by atoms with van der Waals surface area (Å²) >= 11 is 2.27. The second-order valence-electron chi connectivity index (χ2n) is 8.30. The van der Waals surface area contributed by atoms with Crippen LogP contribution in [0.25, 0.3) is 33.4 Å². The van der Waals surface area contributed by atoms with Crippen molar-refractivity contribution < 1.29 is 9.84 Å². The van der Waals surface area contributed by atoms with Crippen molar-refractivity contribution in [1.29, 1.82) is 0 Å². The molecule has 5 heterocycles. The lowest BCUT2D eigenvalue weighted by atomic mass is 10.1. The van der Waals surface area contributed by atoms with Crippen LogP contribution in [0.2, 0.25) is 0 Å². The lowest BCUT2D eigenvalue weighted by Gasteiger charge is -2.29. The molecule has 0 radical (unpaired) electrons. The largest absolute Gasteiger partial charge is 0.481 e. The van der Waals surface area contributed by atoms with Crippen LogP contribution in [0, 0.1) is 0 Å². The number of hydrogen-bond donors (Lipinski definition) is 1. The smallest absolute Gasteiger partial charge is 0.212 e. The number of likely N-dealkylation sites (tertiary alicyclic amines) is 1. The number of methoxy groups -OCH3 is 1. The molecule has 33 heavy (non-hydrogen) atoms. The maximum Gasteiger partial charge on any atom is 0.212 e. The summed E-state index contributed by atoms with van der Waals surface area (Å²) in [6.07, 6.45) is 7.49. The van der Waals surface area contributed by atoms with Crippen molar-refractivity contribution in [3.05, 3.63) is 48.5 Å². The third-order valence-electron chi connectivity index (χ3n) is 6.08. The molecule has 10 heteroatoms. The molecule has 0 aliphatic carbocycles. The van der Waals surface area contributed by atoms with E-state index in [1.54, 1.807) is 16.2 Å². The van der Waals surface area contributed by atoms with E-state index in [9.17, 15) is 5.11 Å². The summed E-state index contributed by atoms with van der Waals surface area (Å²) in [5, 5.41) is 15.8. The van der Waals surface area contributed by atoms with Crippen molar-refractivity contribution in [2.75, 3.05) is 20.2 Å². The van der Waals surface area contributed by atoms with E-state index in [0.29, 0.717) is 5.88 Å². The van der Waals surface area contributed by atoms with Gasteiger partial charge in [-0.3, -0.25) is 13.6 Å². The average molecular weight is 576 g/mol. The number of nitrogens with zero attached hydrogens (tertiary/aromatic N) is 6. The van der Waals surface area contributed by atoms with Gasteiger partial charge in [-0.25, -0.2) is 9.97 Å². The Hall–Kier alpha value is -2.15. The Balaban J connectivity index is 1.50. The van der Waals surface area contributed by atoms with Gasteiger partial charge in [0.1, 0.15) is 0 Å². The molecule has 0 bridgehead atoms. The number of rotatable bonds is 6. The molecule has 1 aliphatic heterocycles. The molecule has 0 saturated carbocycles. The summed E-state index contributed by atoms with van der Waals surface area (Å²) in [6.45, 7) is 2.50. The molecule has 1 N–H and O–H groups in total. The number of aromatic nitrogens is 5. The molecular formula is C23H25IN6O2S. The molecule has 1 atom stereocenters. The van der Waals surface area contributed by atoms with E-state index in [2.05, 4.69) is 53.4 Å². The van der Waals surface area contributed by atoms with E-state index in [1.165, 1.54) is 0 Å². The molecule has 0 aromatic carbocycles. The van der Waals surface area contributed by atoms with E-state index in [0.717, 1.165) is 71.6 Å². The van der Waals surface area contributed by atoms with Crippen LogP contribution < -0.4 is 4.74 Å². The van der Waals surface area contributed by atoms with Gasteiger partial charge in [-0.2, -0.15) is 5.10 Å². The fraction of sp³-hybridized carbons (Fsp3) is 0.348. The van der Waals surface area contributed by atoms with Crippen LogP contribution in [-0.4, -0.2) is 60.0 Å². The molecule has 4 aromatic rings. The van der Waals surface area contributed by atoms with Crippen LogP contribution in [0.15, 0.2) is 42.9 Å². The number of aliphatic hydroxyl groups excluding tert-OH is 1. The molecule has 0 amide bonds. The van der Waals surface area contributed by atoms with Gasteiger partial charge in [0.25, 0.3) is 0 Å². The molecule has 4 aromatic heterocycles. The third-order valence-corrected chi connectivity index (χ3v) is 7.78.